The van der Waals surface area contributed by atoms with E-state index >= 15 is 0 Å². The molecule has 0 saturated carbocycles. The molecule has 0 saturated heterocycles. The molecule has 0 N–H and O–H groups in total. The van der Waals surface area contributed by atoms with E-state index in [2.05, 4.69) is 58.0 Å². The monoisotopic (exact) mass is 835 g/mol. The minimum absolute atomic E-state index is 0.571. The van der Waals surface area contributed by atoms with Crippen molar-refractivity contribution in [1.82, 2.24) is 19.9 Å². The second-order valence-corrected chi connectivity index (χ2v) is 16.1. The van der Waals surface area contributed by atoms with Gasteiger partial charge in [0.1, 0.15) is 23.0 Å². The quantitative estimate of drug-likeness (QED) is 0.0432. The van der Waals surface area contributed by atoms with Gasteiger partial charge in [0, 0.05) is 48.8 Å². The minimum Gasteiger partial charge on any atom is -0.493 e. The SMILES string of the molecule is CCCCCCCCc1cnc(-c2ccc(OCCCOc3ccc(-c4ccc(OCCCOc5ccc(-c6ncc(CCCCCCCC)cn6)cc5)cc4)cc3)cc2)nc1. The molecule has 0 unspecified atom stereocenters. The van der Waals surface area contributed by atoms with E-state index in [-0.39, 0.29) is 0 Å². The van der Waals surface area contributed by atoms with Crippen molar-refractivity contribution in [2.75, 3.05) is 26.4 Å². The lowest BCUT2D eigenvalue weighted by molar-refractivity contribution is 0.247. The first-order chi connectivity index (χ1) is 30.7. The maximum Gasteiger partial charge on any atom is 0.159 e. The summed E-state index contributed by atoms with van der Waals surface area (Å²) >= 11 is 0. The second-order valence-electron chi connectivity index (χ2n) is 16.1. The Labute approximate surface area is 370 Å². The van der Waals surface area contributed by atoms with Crippen LogP contribution in [-0.2, 0) is 12.8 Å². The lowest BCUT2D eigenvalue weighted by Crippen LogP contribution is -2.05. The Hall–Kier alpha value is -5.76. The fourth-order valence-electron chi connectivity index (χ4n) is 7.25. The van der Waals surface area contributed by atoms with Crippen molar-refractivity contribution in [2.24, 2.45) is 0 Å². The van der Waals surface area contributed by atoms with Gasteiger partial charge < -0.3 is 18.9 Å². The Morgan fingerprint density at radius 3 is 0.887 bits per heavy atom. The highest BCUT2D eigenvalue weighted by Gasteiger charge is 2.07. The van der Waals surface area contributed by atoms with E-state index in [0.717, 1.165) is 82.6 Å². The highest BCUT2D eigenvalue weighted by atomic mass is 16.5. The van der Waals surface area contributed by atoms with E-state index in [1.165, 1.54) is 88.2 Å². The zero-order chi connectivity index (χ0) is 42.9. The van der Waals surface area contributed by atoms with Crippen molar-refractivity contribution in [3.8, 4) is 56.9 Å². The van der Waals surface area contributed by atoms with E-state index < -0.39 is 0 Å². The van der Waals surface area contributed by atoms with Gasteiger partial charge in [-0.05, 0) is 121 Å². The first-order valence-electron chi connectivity index (χ1n) is 23.2. The van der Waals surface area contributed by atoms with Gasteiger partial charge in [-0.2, -0.15) is 0 Å². The fourth-order valence-corrected chi connectivity index (χ4v) is 7.25. The van der Waals surface area contributed by atoms with Gasteiger partial charge in [-0.3, -0.25) is 0 Å². The van der Waals surface area contributed by atoms with Gasteiger partial charge in [-0.25, -0.2) is 19.9 Å². The van der Waals surface area contributed by atoms with E-state index in [4.69, 9.17) is 18.9 Å². The summed E-state index contributed by atoms with van der Waals surface area (Å²) in [5.74, 6) is 4.82. The molecule has 0 spiro atoms. The van der Waals surface area contributed by atoms with E-state index in [0.29, 0.717) is 26.4 Å². The number of unbranched alkanes of at least 4 members (excludes halogenated alkanes) is 10. The topological polar surface area (TPSA) is 88.5 Å². The van der Waals surface area contributed by atoms with Crippen LogP contribution in [0.1, 0.15) is 115 Å². The third-order valence-corrected chi connectivity index (χ3v) is 11.0. The number of nitrogens with zero attached hydrogens (tertiary/aromatic N) is 4. The molecule has 6 rings (SSSR count). The van der Waals surface area contributed by atoms with Crippen LogP contribution in [0.2, 0.25) is 0 Å². The molecule has 0 aliphatic heterocycles. The number of aryl methyl sites for hydroxylation is 2. The van der Waals surface area contributed by atoms with Gasteiger partial charge in [0.05, 0.1) is 26.4 Å². The van der Waals surface area contributed by atoms with Crippen molar-refractivity contribution in [1.29, 1.82) is 0 Å². The van der Waals surface area contributed by atoms with Crippen LogP contribution in [0.15, 0.2) is 122 Å². The van der Waals surface area contributed by atoms with E-state index in [9.17, 15) is 0 Å². The standard InChI is InChI=1S/C54H66N4O4/c1-3-5-7-9-11-13-17-43-39-55-53(56-40-43)47-23-31-51(32-24-47)61-37-15-35-59-49-27-19-45(20-28-49)46-21-29-50(30-22-46)60-36-16-38-62-52-33-25-48(26-34-52)54-57-41-44(42-58-54)18-14-12-10-8-6-4-2/h19-34,39-42H,3-18,35-38H2,1-2H3. The molecule has 0 fully saturated rings. The summed E-state index contributed by atoms with van der Waals surface area (Å²) in [5, 5.41) is 0. The minimum atomic E-state index is 0.571. The third kappa shape index (κ3) is 15.9. The molecule has 0 aliphatic carbocycles. The summed E-state index contributed by atoms with van der Waals surface area (Å²) in [4.78, 5) is 18.4. The number of hydrogen-bond acceptors (Lipinski definition) is 8. The average Bonchev–Trinajstić information content (AvgIpc) is 3.32. The molecule has 0 atom stereocenters. The number of ether oxygens (including phenoxy) is 4. The highest BCUT2D eigenvalue weighted by molar-refractivity contribution is 5.65. The van der Waals surface area contributed by atoms with Crippen LogP contribution in [0.3, 0.4) is 0 Å². The van der Waals surface area contributed by atoms with Crippen LogP contribution in [0.4, 0.5) is 0 Å². The van der Waals surface area contributed by atoms with Crippen molar-refractivity contribution >= 4 is 0 Å². The molecule has 0 aliphatic rings. The lowest BCUT2D eigenvalue weighted by atomic mass is 10.1. The van der Waals surface area contributed by atoms with Crippen LogP contribution in [0, 0.1) is 0 Å². The highest BCUT2D eigenvalue weighted by Crippen LogP contribution is 2.26. The smallest absolute Gasteiger partial charge is 0.159 e. The molecule has 0 radical (unpaired) electrons. The molecule has 8 heteroatoms. The molecule has 8 nitrogen and oxygen atoms in total. The predicted molar refractivity (Wildman–Crippen MR) is 252 cm³/mol. The van der Waals surface area contributed by atoms with Crippen molar-refractivity contribution in [3.63, 3.8) is 0 Å². The first kappa shape index (κ1) is 45.8. The first-order valence-corrected chi connectivity index (χ1v) is 23.2. The molecule has 2 aromatic heterocycles. The molecular formula is C54H66N4O4. The Morgan fingerprint density at radius 2 is 0.581 bits per heavy atom. The van der Waals surface area contributed by atoms with Gasteiger partial charge in [0.25, 0.3) is 0 Å². The molecule has 62 heavy (non-hydrogen) atoms. The van der Waals surface area contributed by atoms with Crippen LogP contribution in [0.25, 0.3) is 33.9 Å². The molecule has 326 valence electrons. The summed E-state index contributed by atoms with van der Waals surface area (Å²) in [6.07, 6.45) is 27.0. The van der Waals surface area contributed by atoms with Gasteiger partial charge in [0.15, 0.2) is 11.6 Å². The maximum absolute atomic E-state index is 5.99. The number of rotatable bonds is 29. The van der Waals surface area contributed by atoms with Crippen molar-refractivity contribution in [3.05, 3.63) is 133 Å². The van der Waals surface area contributed by atoms with E-state index in [1.54, 1.807) is 0 Å². The normalized spacial score (nSPS) is 11.1. The van der Waals surface area contributed by atoms with Gasteiger partial charge in [-0.15, -0.1) is 0 Å². The third-order valence-electron chi connectivity index (χ3n) is 11.0. The lowest BCUT2D eigenvalue weighted by Gasteiger charge is -2.10. The largest absolute Gasteiger partial charge is 0.493 e. The van der Waals surface area contributed by atoms with Crippen LogP contribution >= 0.6 is 0 Å². The van der Waals surface area contributed by atoms with E-state index in [1.807, 2.05) is 97.6 Å². The molecule has 0 amide bonds. The van der Waals surface area contributed by atoms with Crippen LogP contribution < -0.4 is 18.9 Å². The summed E-state index contributed by atoms with van der Waals surface area (Å²) in [6.45, 7) is 6.80. The summed E-state index contributed by atoms with van der Waals surface area (Å²) in [7, 11) is 0. The zero-order valence-electron chi connectivity index (χ0n) is 37.1. The molecular weight excluding hydrogens is 769 g/mol. The number of aromatic nitrogens is 4. The molecule has 6 aromatic rings. The molecule has 0 bridgehead atoms. The predicted octanol–water partition coefficient (Wildman–Crippen LogP) is 13.8. The summed E-state index contributed by atoms with van der Waals surface area (Å²) in [6, 6.07) is 32.4. The van der Waals surface area contributed by atoms with Crippen molar-refractivity contribution in [2.45, 2.75) is 117 Å². The number of benzene rings is 4. The van der Waals surface area contributed by atoms with Crippen LogP contribution in [0.5, 0.6) is 23.0 Å². The maximum atomic E-state index is 5.99. The Kier molecular flexibility index (Phi) is 19.6. The van der Waals surface area contributed by atoms with Gasteiger partial charge in [-0.1, -0.05) is 102 Å². The summed E-state index contributed by atoms with van der Waals surface area (Å²) in [5.41, 5.74) is 6.63. The number of hydrogen-bond donors (Lipinski definition) is 0. The van der Waals surface area contributed by atoms with Crippen molar-refractivity contribution < 1.29 is 18.9 Å². The molecule has 4 aromatic carbocycles. The summed E-state index contributed by atoms with van der Waals surface area (Å²) < 4.78 is 23.9. The Bertz CT molecular complexity index is 1930. The second kappa shape index (κ2) is 26.5. The van der Waals surface area contributed by atoms with Gasteiger partial charge in [0.2, 0.25) is 0 Å². The zero-order valence-corrected chi connectivity index (χ0v) is 37.1. The van der Waals surface area contributed by atoms with Gasteiger partial charge >= 0.3 is 0 Å². The fraction of sp³-hybridized carbons (Fsp3) is 0.407. The Balaban J connectivity index is 0.811. The van der Waals surface area contributed by atoms with Crippen LogP contribution in [-0.4, -0.2) is 46.4 Å². The average molecular weight is 835 g/mol. The molecule has 2 heterocycles. The Morgan fingerprint density at radius 1 is 0.306 bits per heavy atom.